The van der Waals surface area contributed by atoms with Crippen molar-refractivity contribution in [3.8, 4) is 0 Å². The molecule has 1 unspecified atom stereocenters. The Bertz CT molecular complexity index is 362. The molecule has 1 atom stereocenters. The van der Waals surface area contributed by atoms with E-state index < -0.39 is 5.97 Å². The lowest BCUT2D eigenvalue weighted by atomic mass is 10.1. The van der Waals surface area contributed by atoms with Gasteiger partial charge in [-0.2, -0.15) is 0 Å². The summed E-state index contributed by atoms with van der Waals surface area (Å²) in [4.78, 5) is 10.6. The van der Waals surface area contributed by atoms with E-state index in [2.05, 4.69) is 29.4 Å². The van der Waals surface area contributed by atoms with Gasteiger partial charge in [-0.05, 0) is 28.7 Å². The Morgan fingerprint density at radius 3 is 2.71 bits per heavy atom. The third kappa shape index (κ3) is 4.93. The van der Waals surface area contributed by atoms with E-state index >= 15 is 0 Å². The molecule has 0 aromatic carbocycles. The van der Waals surface area contributed by atoms with Gasteiger partial charge in [-0.3, -0.25) is 4.79 Å². The van der Waals surface area contributed by atoms with E-state index in [9.17, 15) is 4.79 Å². The fourth-order valence-corrected chi connectivity index (χ4v) is 1.62. The maximum Gasteiger partial charge on any atom is 0.303 e. The minimum atomic E-state index is -0.783. The number of aryl methyl sites for hydroxylation is 1. The lowest BCUT2D eigenvalue weighted by Gasteiger charge is -2.10. The van der Waals surface area contributed by atoms with E-state index in [1.54, 1.807) is 4.68 Å². The lowest BCUT2D eigenvalue weighted by molar-refractivity contribution is -0.138. The third-order valence-electron chi connectivity index (χ3n) is 2.56. The molecule has 0 aliphatic rings. The van der Waals surface area contributed by atoms with Crippen molar-refractivity contribution in [3.05, 3.63) is 5.82 Å². The minimum Gasteiger partial charge on any atom is -0.481 e. The molecule has 6 nitrogen and oxygen atoms in total. The van der Waals surface area contributed by atoms with Crippen molar-refractivity contribution >= 4 is 5.97 Å². The van der Waals surface area contributed by atoms with E-state index in [1.807, 2.05) is 6.92 Å². The van der Waals surface area contributed by atoms with Crippen LogP contribution in [0.1, 0.15) is 39.4 Å². The van der Waals surface area contributed by atoms with Gasteiger partial charge in [0.25, 0.3) is 0 Å². The molecule has 0 radical (unpaired) electrons. The maximum atomic E-state index is 10.6. The van der Waals surface area contributed by atoms with Crippen LogP contribution in [0.3, 0.4) is 0 Å². The first-order valence-electron chi connectivity index (χ1n) is 5.96. The summed E-state index contributed by atoms with van der Waals surface area (Å²) in [6, 6.07) is 0. The Morgan fingerprint density at radius 2 is 2.12 bits per heavy atom. The number of tetrazole rings is 1. The number of hydrogen-bond acceptors (Lipinski definition) is 4. The third-order valence-corrected chi connectivity index (χ3v) is 2.56. The Morgan fingerprint density at radius 1 is 1.41 bits per heavy atom. The number of rotatable bonds is 7. The summed E-state index contributed by atoms with van der Waals surface area (Å²) in [6.45, 7) is 6.76. The SMILES string of the molecule is CC(C)CCc1nnnn1CC(C)CC(=O)O. The van der Waals surface area contributed by atoms with Crippen LogP contribution >= 0.6 is 0 Å². The molecule has 17 heavy (non-hydrogen) atoms. The summed E-state index contributed by atoms with van der Waals surface area (Å²) in [6.07, 6.45) is 2.02. The zero-order valence-electron chi connectivity index (χ0n) is 10.6. The Hall–Kier alpha value is -1.46. The molecular formula is C11H20N4O2. The number of carbonyl (C=O) groups is 1. The minimum absolute atomic E-state index is 0.0359. The molecule has 0 aliphatic heterocycles. The van der Waals surface area contributed by atoms with Crippen LogP contribution < -0.4 is 0 Å². The van der Waals surface area contributed by atoms with Crippen molar-refractivity contribution in [2.45, 2.75) is 46.6 Å². The van der Waals surface area contributed by atoms with Crippen LogP contribution in [0.2, 0.25) is 0 Å². The second-order valence-corrected chi connectivity index (χ2v) is 4.91. The van der Waals surface area contributed by atoms with Crippen LogP contribution in [0.15, 0.2) is 0 Å². The van der Waals surface area contributed by atoms with Gasteiger partial charge >= 0.3 is 5.97 Å². The molecule has 0 aliphatic carbocycles. The molecule has 6 heteroatoms. The average Bonchev–Trinajstić information content (AvgIpc) is 2.60. The highest BCUT2D eigenvalue weighted by molar-refractivity contribution is 5.66. The lowest BCUT2D eigenvalue weighted by Crippen LogP contribution is -2.15. The van der Waals surface area contributed by atoms with Gasteiger partial charge in [-0.25, -0.2) is 4.68 Å². The highest BCUT2D eigenvalue weighted by Crippen LogP contribution is 2.09. The number of aliphatic carboxylic acids is 1. The summed E-state index contributed by atoms with van der Waals surface area (Å²) < 4.78 is 1.72. The zero-order chi connectivity index (χ0) is 12.8. The van der Waals surface area contributed by atoms with E-state index in [0.717, 1.165) is 18.7 Å². The van der Waals surface area contributed by atoms with Crippen LogP contribution in [-0.2, 0) is 17.8 Å². The smallest absolute Gasteiger partial charge is 0.303 e. The molecule has 0 saturated carbocycles. The van der Waals surface area contributed by atoms with Gasteiger partial charge in [-0.15, -0.1) is 5.10 Å². The first kappa shape index (κ1) is 13.6. The fraction of sp³-hybridized carbons (Fsp3) is 0.818. The largest absolute Gasteiger partial charge is 0.481 e. The average molecular weight is 240 g/mol. The summed E-state index contributed by atoms with van der Waals surface area (Å²) in [7, 11) is 0. The molecule has 0 fully saturated rings. The van der Waals surface area contributed by atoms with Gasteiger partial charge in [0.05, 0.1) is 0 Å². The summed E-state index contributed by atoms with van der Waals surface area (Å²) in [5.74, 6) is 0.704. The van der Waals surface area contributed by atoms with Gasteiger partial charge in [0, 0.05) is 19.4 Å². The first-order valence-corrected chi connectivity index (χ1v) is 5.96. The molecular weight excluding hydrogens is 220 g/mol. The normalized spacial score (nSPS) is 12.9. The van der Waals surface area contributed by atoms with Gasteiger partial charge in [0.1, 0.15) is 0 Å². The molecule has 1 N–H and O–H groups in total. The molecule has 1 rings (SSSR count). The van der Waals surface area contributed by atoms with Crippen molar-refractivity contribution in [2.75, 3.05) is 0 Å². The molecule has 1 aromatic rings. The van der Waals surface area contributed by atoms with E-state index in [0.29, 0.717) is 12.5 Å². The summed E-state index contributed by atoms with van der Waals surface area (Å²) in [5.41, 5.74) is 0. The fourth-order valence-electron chi connectivity index (χ4n) is 1.62. The predicted molar refractivity (Wildman–Crippen MR) is 62.4 cm³/mol. The Kier molecular flexibility index (Phi) is 5.06. The topological polar surface area (TPSA) is 80.9 Å². The van der Waals surface area contributed by atoms with Gasteiger partial charge in [-0.1, -0.05) is 20.8 Å². The van der Waals surface area contributed by atoms with Crippen LogP contribution in [0.4, 0.5) is 0 Å². The van der Waals surface area contributed by atoms with E-state index in [1.165, 1.54) is 0 Å². The van der Waals surface area contributed by atoms with Crippen molar-refractivity contribution in [1.82, 2.24) is 20.2 Å². The van der Waals surface area contributed by atoms with Crippen molar-refractivity contribution < 1.29 is 9.90 Å². The molecule has 96 valence electrons. The highest BCUT2D eigenvalue weighted by Gasteiger charge is 2.13. The van der Waals surface area contributed by atoms with E-state index in [-0.39, 0.29) is 12.3 Å². The quantitative estimate of drug-likeness (QED) is 0.778. The first-order chi connectivity index (χ1) is 7.99. The van der Waals surface area contributed by atoms with Crippen LogP contribution in [0, 0.1) is 11.8 Å². The summed E-state index contributed by atoms with van der Waals surface area (Å²) in [5, 5.41) is 20.2. The molecule has 1 aromatic heterocycles. The Labute approximate surface area is 101 Å². The molecule has 0 amide bonds. The summed E-state index contributed by atoms with van der Waals surface area (Å²) >= 11 is 0. The molecule has 0 spiro atoms. The second kappa shape index (κ2) is 6.32. The van der Waals surface area contributed by atoms with Gasteiger partial charge < -0.3 is 5.11 Å². The molecule has 0 bridgehead atoms. The highest BCUT2D eigenvalue weighted by atomic mass is 16.4. The number of carboxylic acids is 1. The van der Waals surface area contributed by atoms with E-state index in [4.69, 9.17) is 5.11 Å². The predicted octanol–water partition coefficient (Wildman–Crippen LogP) is 1.37. The van der Waals surface area contributed by atoms with Crippen molar-refractivity contribution in [3.63, 3.8) is 0 Å². The van der Waals surface area contributed by atoms with Crippen LogP contribution in [0.25, 0.3) is 0 Å². The van der Waals surface area contributed by atoms with Gasteiger partial charge in [0.15, 0.2) is 5.82 Å². The number of aromatic nitrogens is 4. The second-order valence-electron chi connectivity index (χ2n) is 4.91. The zero-order valence-corrected chi connectivity index (χ0v) is 10.6. The number of carboxylic acid groups (broad SMARTS) is 1. The standard InChI is InChI=1S/C11H20N4O2/c1-8(2)4-5-10-12-13-14-15(10)7-9(3)6-11(16)17/h8-9H,4-7H2,1-3H3,(H,16,17). The monoisotopic (exact) mass is 240 g/mol. The van der Waals surface area contributed by atoms with Crippen molar-refractivity contribution in [2.24, 2.45) is 11.8 Å². The van der Waals surface area contributed by atoms with Crippen LogP contribution in [-0.4, -0.2) is 31.3 Å². The number of hydrogen-bond donors (Lipinski definition) is 1. The number of nitrogens with zero attached hydrogens (tertiary/aromatic N) is 4. The van der Waals surface area contributed by atoms with Gasteiger partial charge in [0.2, 0.25) is 0 Å². The molecule has 1 heterocycles. The van der Waals surface area contributed by atoms with Crippen LogP contribution in [0.5, 0.6) is 0 Å². The molecule has 0 saturated heterocycles. The Balaban J connectivity index is 2.53. The van der Waals surface area contributed by atoms with Crippen molar-refractivity contribution in [1.29, 1.82) is 0 Å². The maximum absolute atomic E-state index is 10.6.